The van der Waals surface area contributed by atoms with Gasteiger partial charge < -0.3 is 20.6 Å². The number of H-pyrrole nitrogens is 1. The predicted octanol–water partition coefficient (Wildman–Crippen LogP) is 6.58. The largest absolute Gasteiger partial charge is 0.494 e. The van der Waals surface area contributed by atoms with E-state index in [2.05, 4.69) is 31.0 Å². The van der Waals surface area contributed by atoms with Crippen LogP contribution in [0, 0.1) is 0 Å². The molecule has 0 radical (unpaired) electrons. The Hall–Kier alpha value is -3.90. The molecule has 1 aromatic heterocycles. The number of aromatic nitrogens is 1. The number of carbonyl (C=O) groups is 1. The standard InChI is InChI=1S/C30H33N3O3/c1-4-17-30(31,18-5-2)22-12-14-23(15-13-22)32-27(20-9-7-6-8-10-20)26-24-16-11-21(29(35)36-3)19-25(24)33-28(26)34/h6-16,19,33-34H,4-5,17-18,31H2,1-3H3. The van der Waals surface area contributed by atoms with E-state index in [0.29, 0.717) is 22.4 Å². The van der Waals surface area contributed by atoms with Crippen LogP contribution >= 0.6 is 0 Å². The van der Waals surface area contributed by atoms with E-state index in [1.807, 2.05) is 42.5 Å². The Kier molecular flexibility index (Phi) is 7.55. The maximum atomic E-state index is 12.0. The highest BCUT2D eigenvalue weighted by atomic mass is 16.5. The van der Waals surface area contributed by atoms with Crippen LogP contribution < -0.4 is 5.73 Å². The van der Waals surface area contributed by atoms with Crippen LogP contribution in [0.5, 0.6) is 5.88 Å². The Balaban J connectivity index is 1.82. The lowest BCUT2D eigenvalue weighted by atomic mass is 9.83. The molecule has 0 amide bonds. The molecule has 0 aliphatic rings. The molecule has 1 heterocycles. The third-order valence-electron chi connectivity index (χ3n) is 6.56. The summed E-state index contributed by atoms with van der Waals surface area (Å²) in [5, 5.41) is 11.7. The van der Waals surface area contributed by atoms with Crippen molar-refractivity contribution in [2.75, 3.05) is 7.11 Å². The van der Waals surface area contributed by atoms with E-state index in [0.717, 1.165) is 47.9 Å². The summed E-state index contributed by atoms with van der Waals surface area (Å²) < 4.78 is 4.83. The van der Waals surface area contributed by atoms with Crippen LogP contribution in [0.25, 0.3) is 10.9 Å². The Morgan fingerprint density at radius 2 is 1.64 bits per heavy atom. The number of methoxy groups -OCH3 is 1. The summed E-state index contributed by atoms with van der Waals surface area (Å²) in [6.07, 6.45) is 3.89. The van der Waals surface area contributed by atoms with Gasteiger partial charge in [-0.25, -0.2) is 9.79 Å². The quantitative estimate of drug-likeness (QED) is 0.185. The number of aromatic hydroxyl groups is 1. The summed E-state index contributed by atoms with van der Waals surface area (Å²) in [6, 6.07) is 23.0. The summed E-state index contributed by atoms with van der Waals surface area (Å²) in [5.41, 5.74) is 11.4. The zero-order valence-electron chi connectivity index (χ0n) is 21.0. The predicted molar refractivity (Wildman–Crippen MR) is 145 cm³/mol. The molecule has 0 spiro atoms. The third kappa shape index (κ3) is 5.04. The maximum absolute atomic E-state index is 12.0. The zero-order chi connectivity index (χ0) is 25.7. The first-order chi connectivity index (χ1) is 17.4. The van der Waals surface area contributed by atoms with E-state index in [1.165, 1.54) is 7.11 Å². The number of ether oxygens (including phenoxy) is 1. The molecule has 4 rings (SSSR count). The number of aliphatic imine (C=N–C) groups is 1. The fourth-order valence-corrected chi connectivity index (χ4v) is 4.83. The van der Waals surface area contributed by atoms with Gasteiger partial charge in [0.15, 0.2) is 5.88 Å². The fraction of sp³-hybridized carbons (Fsp3) is 0.267. The summed E-state index contributed by atoms with van der Waals surface area (Å²) >= 11 is 0. The van der Waals surface area contributed by atoms with Gasteiger partial charge in [-0.3, -0.25) is 0 Å². The van der Waals surface area contributed by atoms with E-state index in [4.69, 9.17) is 15.5 Å². The van der Waals surface area contributed by atoms with Crippen molar-refractivity contribution in [3.63, 3.8) is 0 Å². The Labute approximate surface area is 211 Å². The van der Waals surface area contributed by atoms with Gasteiger partial charge in [-0.2, -0.15) is 0 Å². The number of nitrogens with two attached hydrogens (primary N) is 1. The second kappa shape index (κ2) is 10.8. The maximum Gasteiger partial charge on any atom is 0.337 e. The van der Waals surface area contributed by atoms with Crippen molar-refractivity contribution in [1.82, 2.24) is 4.98 Å². The van der Waals surface area contributed by atoms with Crippen molar-refractivity contribution in [2.24, 2.45) is 10.7 Å². The number of hydrogen-bond acceptors (Lipinski definition) is 5. The highest BCUT2D eigenvalue weighted by Crippen LogP contribution is 2.34. The van der Waals surface area contributed by atoms with E-state index in [1.54, 1.807) is 18.2 Å². The second-order valence-corrected chi connectivity index (χ2v) is 9.13. The monoisotopic (exact) mass is 483 g/mol. The van der Waals surface area contributed by atoms with Crippen molar-refractivity contribution >= 4 is 28.3 Å². The number of carbonyl (C=O) groups excluding carboxylic acids is 1. The van der Waals surface area contributed by atoms with Crippen molar-refractivity contribution in [3.8, 4) is 5.88 Å². The lowest BCUT2D eigenvalue weighted by molar-refractivity contribution is 0.0601. The normalized spacial score (nSPS) is 12.2. The van der Waals surface area contributed by atoms with Crippen LogP contribution in [0.2, 0.25) is 0 Å². The average molecular weight is 484 g/mol. The highest BCUT2D eigenvalue weighted by Gasteiger charge is 2.25. The number of nitrogens with zero attached hydrogens (tertiary/aromatic N) is 1. The number of benzene rings is 3. The Morgan fingerprint density at radius 1 is 0.972 bits per heavy atom. The van der Waals surface area contributed by atoms with E-state index < -0.39 is 5.97 Å². The molecule has 0 bridgehead atoms. The van der Waals surface area contributed by atoms with Gasteiger partial charge >= 0.3 is 5.97 Å². The first-order valence-electron chi connectivity index (χ1n) is 12.4. The smallest absolute Gasteiger partial charge is 0.337 e. The molecule has 0 saturated heterocycles. The number of hydrogen-bond donors (Lipinski definition) is 3. The van der Waals surface area contributed by atoms with E-state index in [9.17, 15) is 9.90 Å². The minimum atomic E-state index is -0.438. The van der Waals surface area contributed by atoms with Crippen LogP contribution in [0.4, 0.5) is 5.69 Å². The number of esters is 1. The number of fused-ring (bicyclic) bond motifs is 1. The molecule has 4 N–H and O–H groups in total. The molecule has 6 heteroatoms. The van der Waals surface area contributed by atoms with Gasteiger partial charge in [0.25, 0.3) is 0 Å². The first-order valence-corrected chi connectivity index (χ1v) is 12.4. The summed E-state index contributed by atoms with van der Waals surface area (Å²) in [5.74, 6) is -0.454. The van der Waals surface area contributed by atoms with Gasteiger partial charge in [0.2, 0.25) is 0 Å². The molecule has 0 aliphatic heterocycles. The van der Waals surface area contributed by atoms with Gasteiger partial charge in [-0.15, -0.1) is 0 Å². The fourth-order valence-electron chi connectivity index (χ4n) is 4.83. The number of nitrogens with one attached hydrogen (secondary N) is 1. The summed E-state index contributed by atoms with van der Waals surface area (Å²) in [4.78, 5) is 20.0. The number of aromatic amines is 1. The van der Waals surface area contributed by atoms with Crippen LogP contribution in [0.15, 0.2) is 77.8 Å². The first kappa shape index (κ1) is 25.2. The molecule has 3 aromatic carbocycles. The van der Waals surface area contributed by atoms with Crippen LogP contribution in [0.1, 0.15) is 66.6 Å². The summed E-state index contributed by atoms with van der Waals surface area (Å²) in [6.45, 7) is 4.31. The van der Waals surface area contributed by atoms with Crippen molar-refractivity contribution in [1.29, 1.82) is 0 Å². The molecular formula is C30H33N3O3. The Bertz CT molecular complexity index is 1370. The third-order valence-corrected chi connectivity index (χ3v) is 6.56. The molecule has 186 valence electrons. The second-order valence-electron chi connectivity index (χ2n) is 9.13. The van der Waals surface area contributed by atoms with Gasteiger partial charge in [-0.1, -0.05) is 75.2 Å². The van der Waals surface area contributed by atoms with Gasteiger partial charge in [0.1, 0.15) is 0 Å². The van der Waals surface area contributed by atoms with E-state index >= 15 is 0 Å². The van der Waals surface area contributed by atoms with Crippen molar-refractivity contribution < 1.29 is 14.6 Å². The summed E-state index contributed by atoms with van der Waals surface area (Å²) in [7, 11) is 1.34. The molecule has 36 heavy (non-hydrogen) atoms. The van der Waals surface area contributed by atoms with Crippen LogP contribution in [0.3, 0.4) is 0 Å². The minimum Gasteiger partial charge on any atom is -0.494 e. The molecule has 0 saturated carbocycles. The Morgan fingerprint density at radius 3 is 2.25 bits per heavy atom. The molecule has 4 aromatic rings. The molecule has 0 fully saturated rings. The SMILES string of the molecule is CCCC(N)(CCC)c1ccc(N=C(c2ccccc2)c2c(O)[nH]c3cc(C(=O)OC)ccc23)cc1. The molecule has 0 aliphatic carbocycles. The average Bonchev–Trinajstić information content (AvgIpc) is 3.22. The van der Waals surface area contributed by atoms with Gasteiger partial charge in [-0.05, 0) is 42.7 Å². The van der Waals surface area contributed by atoms with Gasteiger partial charge in [0, 0.05) is 22.0 Å². The van der Waals surface area contributed by atoms with Crippen LogP contribution in [-0.2, 0) is 10.3 Å². The highest BCUT2D eigenvalue weighted by molar-refractivity contribution is 6.22. The van der Waals surface area contributed by atoms with Gasteiger partial charge in [0.05, 0.1) is 29.6 Å². The molecular weight excluding hydrogens is 450 g/mol. The van der Waals surface area contributed by atoms with Crippen molar-refractivity contribution in [2.45, 2.75) is 45.1 Å². The minimum absolute atomic E-state index is 0.0156. The molecule has 0 unspecified atom stereocenters. The topological polar surface area (TPSA) is 101 Å². The number of rotatable bonds is 9. The van der Waals surface area contributed by atoms with Crippen LogP contribution in [-0.4, -0.2) is 28.9 Å². The lowest BCUT2D eigenvalue weighted by Crippen LogP contribution is -2.36. The molecule has 0 atom stereocenters. The zero-order valence-corrected chi connectivity index (χ0v) is 21.0. The molecule has 6 nitrogen and oxygen atoms in total. The lowest BCUT2D eigenvalue weighted by Gasteiger charge is -2.29. The van der Waals surface area contributed by atoms with E-state index in [-0.39, 0.29) is 11.4 Å². The van der Waals surface area contributed by atoms with Crippen molar-refractivity contribution in [3.05, 3.63) is 95.1 Å².